The molecule has 0 radical (unpaired) electrons. The Morgan fingerprint density at radius 2 is 1.36 bits per heavy atom. The Bertz CT molecular complexity index is 634. The molecule has 0 spiro atoms. The van der Waals surface area contributed by atoms with Crippen molar-refractivity contribution in [3.63, 3.8) is 0 Å². The number of halogens is 2. The molecule has 2 rings (SSSR count). The Balaban J connectivity index is 0.00000364. The fourth-order valence-corrected chi connectivity index (χ4v) is 4.02. The van der Waals surface area contributed by atoms with E-state index in [1.807, 2.05) is 0 Å². The van der Waals surface area contributed by atoms with Gasteiger partial charge in [-0.15, -0.1) is 24.8 Å². The van der Waals surface area contributed by atoms with Gasteiger partial charge in [-0.25, -0.2) is 0 Å². The van der Waals surface area contributed by atoms with E-state index < -0.39 is 0 Å². The molecule has 1 aliphatic heterocycles. The lowest BCUT2D eigenvalue weighted by molar-refractivity contribution is 0.0839. The average Bonchev–Trinajstić information content (AvgIpc) is 2.46. The molecule has 3 nitrogen and oxygen atoms in total. The SMILES string of the molecule is CC(C)(C)c1cc([C@@H](N2CCNCC2)C(C)(C)C)c(O)c(C(C)(C)C)c1.Cl.Cl. The zero-order valence-electron chi connectivity index (χ0n) is 19.3. The molecule has 0 amide bonds. The van der Waals surface area contributed by atoms with E-state index >= 15 is 0 Å². The first-order valence-corrected chi connectivity index (χ1v) is 10.1. The number of benzene rings is 1. The number of phenolic OH excluding ortho intramolecular Hbond substituents is 1. The zero-order valence-corrected chi connectivity index (χ0v) is 20.9. The van der Waals surface area contributed by atoms with Crippen LogP contribution in [-0.4, -0.2) is 36.2 Å². The van der Waals surface area contributed by atoms with Crippen LogP contribution in [0.15, 0.2) is 12.1 Å². The molecular formula is C23H42Cl2N2O. The van der Waals surface area contributed by atoms with Crippen LogP contribution in [0.2, 0.25) is 0 Å². The van der Waals surface area contributed by atoms with E-state index in [-0.39, 0.29) is 47.1 Å². The van der Waals surface area contributed by atoms with Crippen LogP contribution >= 0.6 is 24.8 Å². The molecule has 1 saturated heterocycles. The van der Waals surface area contributed by atoms with Crippen LogP contribution in [-0.2, 0) is 10.8 Å². The predicted octanol–water partition coefficient (Wildman–Crippen LogP) is 5.82. The first-order chi connectivity index (χ1) is 11.7. The third-order valence-electron chi connectivity index (χ3n) is 5.45. The maximum atomic E-state index is 11.3. The Morgan fingerprint density at radius 1 is 0.857 bits per heavy atom. The Kier molecular flexibility index (Phi) is 9.39. The summed E-state index contributed by atoms with van der Waals surface area (Å²) >= 11 is 0. The van der Waals surface area contributed by atoms with Gasteiger partial charge in [-0.05, 0) is 33.4 Å². The molecule has 0 bridgehead atoms. The van der Waals surface area contributed by atoms with Crippen molar-refractivity contribution >= 4 is 24.8 Å². The topological polar surface area (TPSA) is 35.5 Å². The lowest BCUT2D eigenvalue weighted by atomic mass is 9.74. The van der Waals surface area contributed by atoms with E-state index in [2.05, 4.69) is 84.7 Å². The summed E-state index contributed by atoms with van der Waals surface area (Å²) in [6, 6.07) is 4.69. The van der Waals surface area contributed by atoms with Gasteiger partial charge in [0.1, 0.15) is 5.75 Å². The Labute approximate surface area is 185 Å². The minimum absolute atomic E-state index is 0. The van der Waals surface area contributed by atoms with Crippen molar-refractivity contribution in [3.8, 4) is 5.75 Å². The summed E-state index contributed by atoms with van der Waals surface area (Å²) in [7, 11) is 0. The second kappa shape index (κ2) is 9.55. The largest absolute Gasteiger partial charge is 0.507 e. The molecule has 0 aliphatic carbocycles. The molecular weight excluding hydrogens is 391 g/mol. The first kappa shape index (κ1) is 27.5. The van der Waals surface area contributed by atoms with Gasteiger partial charge in [0.2, 0.25) is 0 Å². The van der Waals surface area contributed by atoms with Crippen LogP contribution in [0.5, 0.6) is 5.75 Å². The van der Waals surface area contributed by atoms with Gasteiger partial charge in [0.25, 0.3) is 0 Å². The van der Waals surface area contributed by atoms with Crippen molar-refractivity contribution in [3.05, 3.63) is 28.8 Å². The van der Waals surface area contributed by atoms with Crippen LogP contribution in [0.4, 0.5) is 0 Å². The number of nitrogens with zero attached hydrogens (tertiary/aromatic N) is 1. The summed E-state index contributed by atoms with van der Waals surface area (Å²) in [6.45, 7) is 24.3. The van der Waals surface area contributed by atoms with E-state index in [1.54, 1.807) is 0 Å². The first-order valence-electron chi connectivity index (χ1n) is 10.1. The van der Waals surface area contributed by atoms with Gasteiger partial charge in [0.15, 0.2) is 0 Å². The summed E-state index contributed by atoms with van der Waals surface area (Å²) in [6.07, 6.45) is 0. The second-order valence-electron chi connectivity index (χ2n) is 11.0. The van der Waals surface area contributed by atoms with Crippen LogP contribution in [0.1, 0.15) is 85.0 Å². The number of hydrogen-bond donors (Lipinski definition) is 2. The quantitative estimate of drug-likeness (QED) is 0.617. The van der Waals surface area contributed by atoms with E-state index in [0.717, 1.165) is 37.3 Å². The third-order valence-corrected chi connectivity index (χ3v) is 5.45. The highest BCUT2D eigenvalue weighted by molar-refractivity contribution is 5.85. The fourth-order valence-electron chi connectivity index (χ4n) is 4.02. The van der Waals surface area contributed by atoms with Crippen molar-refractivity contribution in [2.45, 2.75) is 79.2 Å². The van der Waals surface area contributed by atoms with Gasteiger partial charge in [-0.3, -0.25) is 4.90 Å². The second-order valence-corrected chi connectivity index (χ2v) is 11.0. The third kappa shape index (κ3) is 6.26. The molecule has 0 aromatic heterocycles. The van der Waals surface area contributed by atoms with Gasteiger partial charge in [-0.1, -0.05) is 68.4 Å². The summed E-state index contributed by atoms with van der Waals surface area (Å²) in [5, 5.41) is 14.8. The van der Waals surface area contributed by atoms with Crippen molar-refractivity contribution in [1.82, 2.24) is 10.2 Å². The van der Waals surface area contributed by atoms with Crippen LogP contribution in [0.25, 0.3) is 0 Å². The van der Waals surface area contributed by atoms with Crippen molar-refractivity contribution in [1.29, 1.82) is 0 Å². The van der Waals surface area contributed by atoms with Crippen molar-refractivity contribution < 1.29 is 5.11 Å². The summed E-state index contributed by atoms with van der Waals surface area (Å²) in [5.74, 6) is 0.490. The molecule has 1 aliphatic rings. The number of hydrogen-bond acceptors (Lipinski definition) is 3. The number of piperazine rings is 1. The molecule has 164 valence electrons. The maximum Gasteiger partial charge on any atom is 0.124 e. The average molecular weight is 434 g/mol. The number of aromatic hydroxyl groups is 1. The molecule has 5 heteroatoms. The number of nitrogens with one attached hydrogen (secondary N) is 1. The van der Waals surface area contributed by atoms with Crippen molar-refractivity contribution in [2.75, 3.05) is 26.2 Å². The molecule has 1 aromatic carbocycles. The van der Waals surface area contributed by atoms with Crippen LogP contribution < -0.4 is 5.32 Å². The Hall–Kier alpha value is -0.480. The lowest BCUT2D eigenvalue weighted by Crippen LogP contribution is -2.48. The smallest absolute Gasteiger partial charge is 0.124 e. The van der Waals surface area contributed by atoms with E-state index in [1.165, 1.54) is 5.56 Å². The molecule has 1 aromatic rings. The van der Waals surface area contributed by atoms with Gasteiger partial charge < -0.3 is 10.4 Å². The minimum atomic E-state index is -0.0913. The molecule has 1 atom stereocenters. The summed E-state index contributed by atoms with van der Waals surface area (Å²) in [5.41, 5.74) is 3.46. The summed E-state index contributed by atoms with van der Waals surface area (Å²) in [4.78, 5) is 2.55. The normalized spacial score (nSPS) is 17.5. The number of phenols is 1. The minimum Gasteiger partial charge on any atom is -0.507 e. The number of rotatable bonds is 2. The van der Waals surface area contributed by atoms with E-state index in [0.29, 0.717) is 5.75 Å². The van der Waals surface area contributed by atoms with Crippen LogP contribution in [0, 0.1) is 5.41 Å². The summed E-state index contributed by atoms with van der Waals surface area (Å²) < 4.78 is 0. The molecule has 28 heavy (non-hydrogen) atoms. The van der Waals surface area contributed by atoms with Gasteiger partial charge in [-0.2, -0.15) is 0 Å². The van der Waals surface area contributed by atoms with Gasteiger partial charge in [0, 0.05) is 37.8 Å². The standard InChI is InChI=1S/C23H40N2O.2ClH/c1-21(2,3)16-14-17(19(26)18(15-16)22(4,5)6)20(23(7,8)9)25-12-10-24-11-13-25;;/h14-15,20,24,26H,10-13H2,1-9H3;2*1H/t20-;;/m1../s1. The fraction of sp³-hybridized carbons (Fsp3) is 0.739. The lowest BCUT2D eigenvalue weighted by Gasteiger charge is -2.43. The highest BCUT2D eigenvalue weighted by Crippen LogP contribution is 2.46. The highest BCUT2D eigenvalue weighted by Gasteiger charge is 2.36. The molecule has 1 fully saturated rings. The monoisotopic (exact) mass is 432 g/mol. The molecule has 0 unspecified atom stereocenters. The molecule has 1 heterocycles. The predicted molar refractivity (Wildman–Crippen MR) is 127 cm³/mol. The highest BCUT2D eigenvalue weighted by atomic mass is 35.5. The molecule has 0 saturated carbocycles. The van der Waals surface area contributed by atoms with E-state index in [4.69, 9.17) is 0 Å². The van der Waals surface area contributed by atoms with E-state index in [9.17, 15) is 5.11 Å². The molecule has 2 N–H and O–H groups in total. The van der Waals surface area contributed by atoms with Gasteiger partial charge >= 0.3 is 0 Å². The Morgan fingerprint density at radius 3 is 1.75 bits per heavy atom. The van der Waals surface area contributed by atoms with Crippen LogP contribution in [0.3, 0.4) is 0 Å². The van der Waals surface area contributed by atoms with Gasteiger partial charge in [0.05, 0.1) is 0 Å². The zero-order chi connectivity index (χ0) is 19.9. The maximum absolute atomic E-state index is 11.3. The van der Waals surface area contributed by atoms with Crippen molar-refractivity contribution in [2.24, 2.45) is 5.41 Å².